The molecular weight excluding hydrogens is 300 g/mol. The number of halogens is 2. The number of carbonyl (C=O) groups is 1. The van der Waals surface area contributed by atoms with Crippen LogP contribution in [0, 0.1) is 3.57 Å². The van der Waals surface area contributed by atoms with Crippen LogP contribution in [0.25, 0.3) is 0 Å². The van der Waals surface area contributed by atoms with Crippen LogP contribution in [0.3, 0.4) is 0 Å². The SMILES string of the molecule is O=C1CCCc2nc(Cl)cc(I)c21. The van der Waals surface area contributed by atoms with E-state index in [1.165, 1.54) is 0 Å². The summed E-state index contributed by atoms with van der Waals surface area (Å²) in [5.41, 5.74) is 1.66. The van der Waals surface area contributed by atoms with Crippen molar-refractivity contribution >= 4 is 40.0 Å². The standard InChI is InChI=1S/C9H7ClINO/c10-8-4-5(11)9-6(12-8)2-1-3-7(9)13/h4H,1-3H2. The molecule has 0 fully saturated rings. The van der Waals surface area contributed by atoms with E-state index in [0.29, 0.717) is 11.6 Å². The second-order valence-corrected chi connectivity index (χ2v) is 4.57. The molecule has 0 bridgehead atoms. The molecule has 2 nitrogen and oxygen atoms in total. The molecule has 2 rings (SSSR count). The molecule has 4 heteroatoms. The van der Waals surface area contributed by atoms with Gasteiger partial charge in [-0.05, 0) is 41.5 Å². The van der Waals surface area contributed by atoms with Gasteiger partial charge in [0.25, 0.3) is 0 Å². The van der Waals surface area contributed by atoms with Crippen molar-refractivity contribution in [3.05, 3.63) is 26.0 Å². The first kappa shape index (κ1) is 9.40. The van der Waals surface area contributed by atoms with Gasteiger partial charge in [0.1, 0.15) is 5.15 Å². The van der Waals surface area contributed by atoms with Crippen molar-refractivity contribution in [1.82, 2.24) is 4.98 Å². The van der Waals surface area contributed by atoms with Crippen LogP contribution in [0.2, 0.25) is 5.15 Å². The highest BCUT2D eigenvalue weighted by molar-refractivity contribution is 14.1. The Labute approximate surface area is 94.8 Å². The van der Waals surface area contributed by atoms with Crippen LogP contribution in [-0.4, -0.2) is 10.8 Å². The number of carbonyl (C=O) groups excluding carboxylic acids is 1. The highest BCUT2D eigenvalue weighted by Crippen LogP contribution is 2.26. The number of aryl methyl sites for hydroxylation is 1. The van der Waals surface area contributed by atoms with Gasteiger partial charge in [-0.2, -0.15) is 0 Å². The van der Waals surface area contributed by atoms with Crippen LogP contribution >= 0.6 is 34.2 Å². The van der Waals surface area contributed by atoms with Crippen molar-refractivity contribution < 1.29 is 4.79 Å². The summed E-state index contributed by atoms with van der Waals surface area (Å²) in [6.45, 7) is 0. The zero-order valence-corrected chi connectivity index (χ0v) is 9.72. The number of pyridine rings is 1. The molecule has 0 amide bonds. The molecule has 0 atom stereocenters. The van der Waals surface area contributed by atoms with E-state index < -0.39 is 0 Å². The minimum absolute atomic E-state index is 0.204. The molecule has 0 saturated carbocycles. The number of rotatable bonds is 0. The molecule has 0 spiro atoms. The minimum atomic E-state index is 0.204. The number of hydrogen-bond donors (Lipinski definition) is 0. The van der Waals surface area contributed by atoms with E-state index in [0.717, 1.165) is 27.7 Å². The molecular formula is C9H7ClINO. The number of ketones is 1. The molecule has 0 radical (unpaired) electrons. The quantitative estimate of drug-likeness (QED) is 0.545. The largest absolute Gasteiger partial charge is 0.294 e. The van der Waals surface area contributed by atoms with E-state index in [9.17, 15) is 4.79 Å². The first-order valence-electron chi connectivity index (χ1n) is 4.06. The van der Waals surface area contributed by atoms with Crippen molar-refractivity contribution in [3.63, 3.8) is 0 Å². The van der Waals surface area contributed by atoms with Crippen LogP contribution in [0.1, 0.15) is 28.9 Å². The molecule has 0 aliphatic heterocycles. The van der Waals surface area contributed by atoms with Gasteiger partial charge in [0.2, 0.25) is 0 Å². The number of nitrogens with zero attached hydrogens (tertiary/aromatic N) is 1. The van der Waals surface area contributed by atoms with Crippen LogP contribution in [0.15, 0.2) is 6.07 Å². The summed E-state index contributed by atoms with van der Waals surface area (Å²) >= 11 is 7.94. The smallest absolute Gasteiger partial charge is 0.165 e. The molecule has 1 aliphatic carbocycles. The topological polar surface area (TPSA) is 30.0 Å². The average molecular weight is 308 g/mol. The Bertz CT molecular complexity index is 378. The van der Waals surface area contributed by atoms with Crippen LogP contribution in [0.5, 0.6) is 0 Å². The van der Waals surface area contributed by atoms with Crippen LogP contribution < -0.4 is 0 Å². The van der Waals surface area contributed by atoms with Crippen molar-refractivity contribution in [1.29, 1.82) is 0 Å². The first-order chi connectivity index (χ1) is 6.18. The lowest BCUT2D eigenvalue weighted by molar-refractivity contribution is 0.0970. The van der Waals surface area contributed by atoms with Gasteiger partial charge >= 0.3 is 0 Å². The Morgan fingerprint density at radius 2 is 2.23 bits per heavy atom. The Morgan fingerprint density at radius 1 is 1.46 bits per heavy atom. The van der Waals surface area contributed by atoms with Crippen molar-refractivity contribution in [2.75, 3.05) is 0 Å². The highest BCUT2D eigenvalue weighted by Gasteiger charge is 2.21. The maximum atomic E-state index is 11.5. The lowest BCUT2D eigenvalue weighted by Crippen LogP contribution is -2.14. The second kappa shape index (κ2) is 3.53. The summed E-state index contributed by atoms with van der Waals surface area (Å²) in [6.07, 6.45) is 2.42. The number of fused-ring (bicyclic) bond motifs is 1. The molecule has 0 unspecified atom stereocenters. The molecule has 13 heavy (non-hydrogen) atoms. The summed E-state index contributed by atoms with van der Waals surface area (Å²) in [7, 11) is 0. The van der Waals surface area contributed by atoms with Crippen molar-refractivity contribution in [3.8, 4) is 0 Å². The highest BCUT2D eigenvalue weighted by atomic mass is 127. The molecule has 0 saturated heterocycles. The molecule has 68 valence electrons. The average Bonchev–Trinajstić information content (AvgIpc) is 2.02. The van der Waals surface area contributed by atoms with Gasteiger partial charge in [-0.25, -0.2) is 4.98 Å². The maximum absolute atomic E-state index is 11.5. The van der Waals surface area contributed by atoms with Gasteiger partial charge in [0.05, 0.1) is 11.3 Å². The third-order valence-electron chi connectivity index (χ3n) is 2.11. The monoisotopic (exact) mass is 307 g/mol. The Kier molecular flexibility index (Phi) is 2.55. The number of Topliss-reactive ketones (excluding diaryl/α,β-unsaturated/α-hetero) is 1. The molecule has 0 N–H and O–H groups in total. The summed E-state index contributed by atoms with van der Waals surface area (Å²) in [5.74, 6) is 0.204. The van der Waals surface area contributed by atoms with Gasteiger partial charge in [-0.1, -0.05) is 11.6 Å². The Hall–Kier alpha value is -0.160. The van der Waals surface area contributed by atoms with Crippen LogP contribution in [0.4, 0.5) is 0 Å². The molecule has 0 aromatic carbocycles. The van der Waals surface area contributed by atoms with Crippen molar-refractivity contribution in [2.24, 2.45) is 0 Å². The second-order valence-electron chi connectivity index (χ2n) is 3.03. The zero-order valence-electron chi connectivity index (χ0n) is 6.81. The molecule has 1 aromatic heterocycles. The fraction of sp³-hybridized carbons (Fsp3) is 0.333. The molecule has 1 aromatic rings. The predicted molar refractivity (Wildman–Crippen MR) is 59.2 cm³/mol. The zero-order chi connectivity index (χ0) is 9.42. The van der Waals surface area contributed by atoms with Crippen LogP contribution in [-0.2, 0) is 6.42 Å². The van der Waals surface area contributed by atoms with Gasteiger partial charge in [-0.15, -0.1) is 0 Å². The lowest BCUT2D eigenvalue weighted by Gasteiger charge is -2.14. The minimum Gasteiger partial charge on any atom is -0.294 e. The van der Waals surface area contributed by atoms with Gasteiger partial charge in [0.15, 0.2) is 5.78 Å². The van der Waals surface area contributed by atoms with Gasteiger partial charge in [-0.3, -0.25) is 4.79 Å². The first-order valence-corrected chi connectivity index (χ1v) is 5.52. The van der Waals surface area contributed by atoms with E-state index in [1.54, 1.807) is 6.07 Å². The predicted octanol–water partition coefficient (Wildman–Crippen LogP) is 2.86. The summed E-state index contributed by atoms with van der Waals surface area (Å²) in [6, 6.07) is 1.74. The molecule has 1 aliphatic rings. The normalized spacial score (nSPS) is 15.7. The van der Waals surface area contributed by atoms with Gasteiger partial charge in [0, 0.05) is 9.99 Å². The number of aromatic nitrogens is 1. The summed E-state index contributed by atoms with van der Waals surface area (Å²) < 4.78 is 0.928. The van der Waals surface area contributed by atoms with Crippen molar-refractivity contribution in [2.45, 2.75) is 19.3 Å². The van der Waals surface area contributed by atoms with E-state index in [-0.39, 0.29) is 5.78 Å². The van der Waals surface area contributed by atoms with Gasteiger partial charge < -0.3 is 0 Å². The third-order valence-corrected chi connectivity index (χ3v) is 3.16. The number of hydrogen-bond acceptors (Lipinski definition) is 2. The maximum Gasteiger partial charge on any atom is 0.165 e. The van der Waals surface area contributed by atoms with E-state index in [1.807, 2.05) is 0 Å². The fourth-order valence-corrected chi connectivity index (χ4v) is 2.85. The van der Waals surface area contributed by atoms with E-state index in [4.69, 9.17) is 11.6 Å². The summed E-state index contributed by atoms with van der Waals surface area (Å²) in [5, 5.41) is 0.484. The lowest BCUT2D eigenvalue weighted by atomic mass is 9.95. The third kappa shape index (κ3) is 1.72. The van der Waals surface area contributed by atoms with E-state index >= 15 is 0 Å². The summed E-state index contributed by atoms with van der Waals surface area (Å²) in [4.78, 5) is 15.7. The Balaban J connectivity index is 2.63. The van der Waals surface area contributed by atoms with E-state index in [2.05, 4.69) is 27.6 Å². The Morgan fingerprint density at radius 3 is 3.00 bits per heavy atom. The molecule has 1 heterocycles. The fourth-order valence-electron chi connectivity index (χ4n) is 1.55.